The molecule has 0 aromatic heterocycles. The Morgan fingerprint density at radius 1 is 0.714 bits per heavy atom. The van der Waals surface area contributed by atoms with Crippen LogP contribution in [-0.2, 0) is 4.79 Å². The molecule has 0 aromatic rings. The molecular formula is C19H36O2. The van der Waals surface area contributed by atoms with Crippen molar-refractivity contribution in [1.29, 1.82) is 0 Å². The average Bonchev–Trinajstić information content (AvgIpc) is 2.45. The van der Waals surface area contributed by atoms with Crippen LogP contribution in [-0.4, -0.2) is 11.1 Å². The highest BCUT2D eigenvalue weighted by Crippen LogP contribution is 2.16. The zero-order valence-corrected chi connectivity index (χ0v) is 14.2. The van der Waals surface area contributed by atoms with E-state index in [1.807, 2.05) is 0 Å². The Bertz CT molecular complexity index is 258. The van der Waals surface area contributed by atoms with Gasteiger partial charge < -0.3 is 5.11 Å². The van der Waals surface area contributed by atoms with Crippen molar-refractivity contribution in [3.63, 3.8) is 0 Å². The maximum Gasteiger partial charge on any atom is 0.303 e. The van der Waals surface area contributed by atoms with Crippen molar-refractivity contribution in [3.05, 3.63) is 12.2 Å². The summed E-state index contributed by atoms with van der Waals surface area (Å²) in [5, 5.41) is 8.53. The Morgan fingerprint density at radius 2 is 1.10 bits per heavy atom. The molecule has 0 spiro atoms. The first kappa shape index (κ1) is 20.2. The fourth-order valence-electron chi connectivity index (χ4n) is 2.64. The summed E-state index contributed by atoms with van der Waals surface area (Å²) in [6.45, 7) is 6.44. The van der Waals surface area contributed by atoms with Gasteiger partial charge in [0.1, 0.15) is 0 Å². The van der Waals surface area contributed by atoms with Crippen molar-refractivity contribution >= 4 is 5.97 Å². The van der Waals surface area contributed by atoms with Crippen molar-refractivity contribution < 1.29 is 9.90 Å². The van der Waals surface area contributed by atoms with Crippen molar-refractivity contribution in [1.82, 2.24) is 0 Å². The van der Waals surface area contributed by atoms with Crippen LogP contribution in [0.5, 0.6) is 0 Å². The molecule has 0 fully saturated rings. The van der Waals surface area contributed by atoms with Crippen LogP contribution in [0.2, 0.25) is 0 Å². The number of allylic oxidation sites excluding steroid dienone is 1. The highest BCUT2D eigenvalue weighted by Gasteiger charge is 1.98. The van der Waals surface area contributed by atoms with E-state index >= 15 is 0 Å². The summed E-state index contributed by atoms with van der Waals surface area (Å²) in [5.41, 5.74) is 1.44. The van der Waals surface area contributed by atoms with E-state index in [9.17, 15) is 4.79 Å². The van der Waals surface area contributed by atoms with Gasteiger partial charge in [0.25, 0.3) is 0 Å². The molecule has 0 aliphatic carbocycles. The predicted octanol–water partition coefficient (Wildman–Crippen LogP) is 6.50. The zero-order valence-electron chi connectivity index (χ0n) is 14.2. The monoisotopic (exact) mass is 296 g/mol. The highest BCUT2D eigenvalue weighted by molar-refractivity contribution is 5.66. The minimum atomic E-state index is -0.662. The lowest BCUT2D eigenvalue weighted by Crippen LogP contribution is -1.93. The zero-order chi connectivity index (χ0) is 15.8. The van der Waals surface area contributed by atoms with Crippen molar-refractivity contribution in [2.24, 2.45) is 0 Å². The van der Waals surface area contributed by atoms with Gasteiger partial charge >= 0.3 is 5.97 Å². The maximum absolute atomic E-state index is 10.4. The molecule has 0 aliphatic rings. The van der Waals surface area contributed by atoms with Crippen LogP contribution in [0.15, 0.2) is 12.2 Å². The quantitative estimate of drug-likeness (QED) is 0.261. The third kappa shape index (κ3) is 17.2. The molecule has 0 aliphatic heterocycles. The van der Waals surface area contributed by atoms with Crippen LogP contribution in [0.25, 0.3) is 0 Å². The van der Waals surface area contributed by atoms with Gasteiger partial charge in [-0.2, -0.15) is 0 Å². The largest absolute Gasteiger partial charge is 0.481 e. The summed E-state index contributed by atoms with van der Waals surface area (Å²) in [4.78, 5) is 10.4. The Hall–Kier alpha value is -0.790. The highest BCUT2D eigenvalue weighted by atomic mass is 16.4. The molecule has 0 saturated carbocycles. The molecule has 0 unspecified atom stereocenters. The molecular weight excluding hydrogens is 260 g/mol. The van der Waals surface area contributed by atoms with Crippen LogP contribution in [0.3, 0.4) is 0 Å². The van der Waals surface area contributed by atoms with E-state index in [1.165, 1.54) is 82.6 Å². The van der Waals surface area contributed by atoms with Crippen molar-refractivity contribution in [2.45, 2.75) is 103 Å². The number of carboxylic acids is 1. The minimum absolute atomic E-state index is 0.334. The molecule has 2 heteroatoms. The van der Waals surface area contributed by atoms with Crippen LogP contribution >= 0.6 is 0 Å². The van der Waals surface area contributed by atoms with E-state index in [1.54, 1.807) is 0 Å². The normalized spacial score (nSPS) is 10.7. The molecule has 0 rings (SSSR count). The maximum atomic E-state index is 10.4. The summed E-state index contributed by atoms with van der Waals surface area (Å²) < 4.78 is 0. The summed E-state index contributed by atoms with van der Waals surface area (Å²) in [7, 11) is 0. The molecule has 1 N–H and O–H groups in total. The standard InChI is InChI=1S/C19H36O2/c1-3-4-5-12-15-18(2)16-13-10-8-6-7-9-11-14-17-19(20)21/h2-17H2,1H3,(H,20,21). The van der Waals surface area contributed by atoms with Gasteiger partial charge in [-0.1, -0.05) is 76.9 Å². The first-order valence-electron chi connectivity index (χ1n) is 9.05. The lowest BCUT2D eigenvalue weighted by atomic mass is 10.0. The summed E-state index contributed by atoms with van der Waals surface area (Å²) in [6.07, 6.45) is 17.7. The first-order valence-corrected chi connectivity index (χ1v) is 9.05. The first-order chi connectivity index (χ1) is 10.2. The van der Waals surface area contributed by atoms with E-state index in [2.05, 4.69) is 13.5 Å². The Morgan fingerprint density at radius 3 is 1.52 bits per heavy atom. The molecule has 0 amide bonds. The molecule has 0 radical (unpaired) electrons. The molecule has 124 valence electrons. The third-order valence-electron chi connectivity index (χ3n) is 4.05. The van der Waals surface area contributed by atoms with Gasteiger partial charge in [0.05, 0.1) is 0 Å². The van der Waals surface area contributed by atoms with E-state index < -0.39 is 5.97 Å². The number of rotatable bonds is 16. The molecule has 0 aromatic carbocycles. The van der Waals surface area contributed by atoms with Gasteiger partial charge in [0, 0.05) is 6.42 Å². The second-order valence-electron chi connectivity index (χ2n) is 6.28. The Labute approximate surface area is 132 Å². The minimum Gasteiger partial charge on any atom is -0.481 e. The van der Waals surface area contributed by atoms with Gasteiger partial charge in [-0.3, -0.25) is 4.79 Å². The molecule has 0 saturated heterocycles. The third-order valence-corrected chi connectivity index (χ3v) is 4.05. The molecule has 21 heavy (non-hydrogen) atoms. The van der Waals surface area contributed by atoms with Crippen molar-refractivity contribution in [2.75, 3.05) is 0 Å². The second kappa shape index (κ2) is 15.6. The summed E-state index contributed by atoms with van der Waals surface area (Å²) >= 11 is 0. The van der Waals surface area contributed by atoms with Gasteiger partial charge in [-0.25, -0.2) is 0 Å². The van der Waals surface area contributed by atoms with Gasteiger partial charge in [0.15, 0.2) is 0 Å². The predicted molar refractivity (Wildman–Crippen MR) is 91.7 cm³/mol. The van der Waals surface area contributed by atoms with E-state index in [4.69, 9.17) is 5.11 Å². The van der Waals surface area contributed by atoms with Gasteiger partial charge in [-0.15, -0.1) is 0 Å². The van der Waals surface area contributed by atoms with Crippen LogP contribution < -0.4 is 0 Å². The molecule has 0 bridgehead atoms. The Kier molecular flexibility index (Phi) is 15.0. The smallest absolute Gasteiger partial charge is 0.303 e. The van der Waals surface area contributed by atoms with Crippen LogP contribution in [0.4, 0.5) is 0 Å². The van der Waals surface area contributed by atoms with E-state index in [0.29, 0.717) is 6.42 Å². The van der Waals surface area contributed by atoms with E-state index in [0.717, 1.165) is 12.8 Å². The summed E-state index contributed by atoms with van der Waals surface area (Å²) in [5.74, 6) is -0.662. The number of hydrogen-bond donors (Lipinski definition) is 1. The number of hydrogen-bond acceptors (Lipinski definition) is 1. The molecule has 2 nitrogen and oxygen atoms in total. The fraction of sp³-hybridized carbons (Fsp3) is 0.842. The van der Waals surface area contributed by atoms with Crippen LogP contribution in [0.1, 0.15) is 103 Å². The SMILES string of the molecule is C=C(CCCCCC)CCCCCCCCCCC(=O)O. The lowest BCUT2D eigenvalue weighted by molar-refractivity contribution is -0.137. The summed E-state index contributed by atoms with van der Waals surface area (Å²) in [6, 6.07) is 0. The second-order valence-corrected chi connectivity index (χ2v) is 6.28. The lowest BCUT2D eigenvalue weighted by Gasteiger charge is -2.06. The number of carboxylic acid groups (broad SMARTS) is 1. The Balaban J connectivity index is 3.14. The molecule has 0 heterocycles. The topological polar surface area (TPSA) is 37.3 Å². The van der Waals surface area contributed by atoms with E-state index in [-0.39, 0.29) is 0 Å². The number of unbranched alkanes of at least 4 members (excludes halogenated alkanes) is 10. The average molecular weight is 296 g/mol. The van der Waals surface area contributed by atoms with Gasteiger partial charge in [0.2, 0.25) is 0 Å². The van der Waals surface area contributed by atoms with Crippen molar-refractivity contribution in [3.8, 4) is 0 Å². The van der Waals surface area contributed by atoms with Gasteiger partial charge in [-0.05, 0) is 32.1 Å². The number of aliphatic carboxylic acids is 1. The van der Waals surface area contributed by atoms with Crippen LogP contribution in [0, 0.1) is 0 Å². The fourth-order valence-corrected chi connectivity index (χ4v) is 2.64. The molecule has 0 atom stereocenters. The number of carbonyl (C=O) groups is 1.